The minimum absolute atomic E-state index is 0.103. The maximum Gasteiger partial charge on any atom is 0.267 e. The first-order valence-corrected chi connectivity index (χ1v) is 7.12. The van der Waals surface area contributed by atoms with Crippen LogP contribution in [0.4, 0.5) is 5.69 Å². The molecule has 1 atom stereocenters. The Balaban J connectivity index is 2.07. The first-order valence-electron chi connectivity index (χ1n) is 6.74. The highest BCUT2D eigenvalue weighted by molar-refractivity contribution is 6.31. The van der Waals surface area contributed by atoms with Gasteiger partial charge >= 0.3 is 0 Å². The molecule has 0 spiro atoms. The van der Waals surface area contributed by atoms with Crippen LogP contribution in [0.3, 0.4) is 0 Å². The summed E-state index contributed by atoms with van der Waals surface area (Å²) in [4.78, 5) is 14.0. The zero-order valence-corrected chi connectivity index (χ0v) is 13.1. The zero-order valence-electron chi connectivity index (χ0n) is 12.3. The monoisotopic (exact) mass is 303 g/mol. The smallest absolute Gasteiger partial charge is 0.267 e. The second-order valence-corrected chi connectivity index (χ2v) is 5.31. The number of carbonyl (C=O) groups is 1. The van der Waals surface area contributed by atoms with Crippen molar-refractivity contribution in [1.82, 2.24) is 0 Å². The van der Waals surface area contributed by atoms with Crippen LogP contribution in [0, 0.1) is 6.92 Å². The number of para-hydroxylation sites is 1. The fourth-order valence-electron chi connectivity index (χ4n) is 2.00. The number of hydrogen-bond donors (Lipinski definition) is 0. The van der Waals surface area contributed by atoms with Gasteiger partial charge in [0.1, 0.15) is 5.75 Å². The van der Waals surface area contributed by atoms with E-state index >= 15 is 0 Å². The van der Waals surface area contributed by atoms with Crippen molar-refractivity contribution in [2.45, 2.75) is 20.0 Å². The molecule has 0 aliphatic rings. The molecule has 3 nitrogen and oxygen atoms in total. The highest BCUT2D eigenvalue weighted by Crippen LogP contribution is 2.22. The summed E-state index contributed by atoms with van der Waals surface area (Å²) in [7, 11) is 1.74. The Morgan fingerprint density at radius 2 is 1.86 bits per heavy atom. The van der Waals surface area contributed by atoms with Crippen molar-refractivity contribution in [3.63, 3.8) is 0 Å². The Morgan fingerprint density at radius 1 is 1.19 bits per heavy atom. The Hall–Kier alpha value is -2.00. The van der Waals surface area contributed by atoms with Crippen LogP contribution in [0.5, 0.6) is 5.75 Å². The fraction of sp³-hybridized carbons (Fsp3) is 0.235. The van der Waals surface area contributed by atoms with Crippen LogP contribution in [-0.2, 0) is 4.79 Å². The van der Waals surface area contributed by atoms with Gasteiger partial charge in [-0.05, 0) is 49.7 Å². The number of likely N-dealkylation sites (N-methyl/N-ethyl adjacent to an activating group) is 1. The molecule has 21 heavy (non-hydrogen) atoms. The number of carbonyl (C=O) groups excluding carboxylic acids is 1. The van der Waals surface area contributed by atoms with Crippen LogP contribution in [0.2, 0.25) is 5.02 Å². The van der Waals surface area contributed by atoms with Crippen molar-refractivity contribution in [2.75, 3.05) is 11.9 Å². The van der Waals surface area contributed by atoms with Crippen LogP contribution in [0.15, 0.2) is 48.5 Å². The molecule has 0 aliphatic carbocycles. The van der Waals surface area contributed by atoms with Crippen molar-refractivity contribution >= 4 is 23.2 Å². The molecule has 4 heteroatoms. The lowest BCUT2D eigenvalue weighted by atomic mass is 10.2. The second kappa shape index (κ2) is 6.64. The summed E-state index contributed by atoms with van der Waals surface area (Å²) < 4.78 is 5.70. The lowest BCUT2D eigenvalue weighted by Gasteiger charge is -2.22. The fourth-order valence-corrected chi connectivity index (χ4v) is 2.11. The number of anilines is 1. The summed E-state index contributed by atoms with van der Waals surface area (Å²) in [5, 5.41) is 0.683. The van der Waals surface area contributed by atoms with Gasteiger partial charge in [-0.2, -0.15) is 0 Å². The molecule has 0 aromatic heterocycles. The number of halogens is 1. The summed E-state index contributed by atoms with van der Waals surface area (Å²) in [5.41, 5.74) is 1.76. The summed E-state index contributed by atoms with van der Waals surface area (Å²) in [6.07, 6.45) is -0.573. The first-order chi connectivity index (χ1) is 9.99. The number of rotatable bonds is 4. The van der Waals surface area contributed by atoms with Crippen LogP contribution >= 0.6 is 11.6 Å². The number of amides is 1. The maximum absolute atomic E-state index is 12.4. The predicted molar refractivity (Wildman–Crippen MR) is 86.1 cm³/mol. The molecule has 0 saturated heterocycles. The molecule has 2 aromatic rings. The van der Waals surface area contributed by atoms with Crippen molar-refractivity contribution < 1.29 is 9.53 Å². The van der Waals surface area contributed by atoms with Gasteiger partial charge in [0, 0.05) is 17.8 Å². The highest BCUT2D eigenvalue weighted by atomic mass is 35.5. The van der Waals surface area contributed by atoms with Crippen LogP contribution in [0.1, 0.15) is 12.5 Å². The van der Waals surface area contributed by atoms with E-state index in [1.54, 1.807) is 31.0 Å². The number of ether oxygens (including phenoxy) is 1. The van der Waals surface area contributed by atoms with E-state index in [4.69, 9.17) is 16.3 Å². The molecule has 0 bridgehead atoms. The summed E-state index contributed by atoms with van der Waals surface area (Å²) in [6.45, 7) is 3.64. The first kappa shape index (κ1) is 15.4. The molecule has 1 amide bonds. The van der Waals surface area contributed by atoms with E-state index in [2.05, 4.69) is 0 Å². The molecule has 0 aliphatic heterocycles. The van der Waals surface area contributed by atoms with Crippen LogP contribution < -0.4 is 9.64 Å². The third-order valence-electron chi connectivity index (χ3n) is 3.26. The van der Waals surface area contributed by atoms with Crippen LogP contribution in [0.25, 0.3) is 0 Å². The molecule has 1 unspecified atom stereocenters. The van der Waals surface area contributed by atoms with Gasteiger partial charge in [-0.1, -0.05) is 29.8 Å². The van der Waals surface area contributed by atoms with Gasteiger partial charge in [-0.3, -0.25) is 4.79 Å². The standard InChI is InChI=1S/C17H18ClNO2/c1-12-11-15(9-10-16(12)18)21-13(2)17(20)19(3)14-7-5-4-6-8-14/h4-11,13H,1-3H3. The molecule has 0 saturated carbocycles. The molecule has 0 heterocycles. The van der Waals surface area contributed by atoms with Crippen molar-refractivity contribution in [2.24, 2.45) is 0 Å². The number of hydrogen-bond acceptors (Lipinski definition) is 2. The number of aryl methyl sites for hydroxylation is 1. The summed E-state index contributed by atoms with van der Waals surface area (Å²) in [6, 6.07) is 14.8. The van der Waals surface area contributed by atoms with E-state index in [9.17, 15) is 4.79 Å². The molecule has 110 valence electrons. The number of benzene rings is 2. The highest BCUT2D eigenvalue weighted by Gasteiger charge is 2.20. The van der Waals surface area contributed by atoms with Gasteiger partial charge in [0.15, 0.2) is 6.10 Å². The Bertz CT molecular complexity index is 628. The van der Waals surface area contributed by atoms with Gasteiger partial charge in [0.2, 0.25) is 0 Å². The summed E-state index contributed by atoms with van der Waals surface area (Å²) in [5.74, 6) is 0.535. The molecule has 0 radical (unpaired) electrons. The minimum Gasteiger partial charge on any atom is -0.481 e. The van der Waals surface area contributed by atoms with Crippen molar-refractivity contribution in [3.05, 3.63) is 59.1 Å². The average molecular weight is 304 g/mol. The quantitative estimate of drug-likeness (QED) is 0.852. The minimum atomic E-state index is -0.573. The SMILES string of the molecule is Cc1cc(OC(C)C(=O)N(C)c2ccccc2)ccc1Cl. The lowest BCUT2D eigenvalue weighted by molar-refractivity contribution is -0.124. The van der Waals surface area contributed by atoms with E-state index in [-0.39, 0.29) is 5.91 Å². The van der Waals surface area contributed by atoms with Gasteiger partial charge in [0.05, 0.1) is 0 Å². The summed E-state index contributed by atoms with van der Waals surface area (Å²) >= 11 is 5.98. The molecule has 2 rings (SSSR count). The molecular weight excluding hydrogens is 286 g/mol. The molecule has 2 aromatic carbocycles. The molecule has 0 N–H and O–H groups in total. The van der Waals surface area contributed by atoms with E-state index < -0.39 is 6.10 Å². The largest absolute Gasteiger partial charge is 0.481 e. The Labute approximate surface area is 130 Å². The average Bonchev–Trinajstić information content (AvgIpc) is 2.50. The van der Waals surface area contributed by atoms with Gasteiger partial charge < -0.3 is 9.64 Å². The molecule has 0 fully saturated rings. The third kappa shape index (κ3) is 3.76. The predicted octanol–water partition coefficient (Wildman–Crippen LogP) is 4.08. The zero-order chi connectivity index (χ0) is 15.4. The Morgan fingerprint density at radius 3 is 2.48 bits per heavy atom. The molecular formula is C17H18ClNO2. The van der Waals surface area contributed by atoms with Crippen molar-refractivity contribution in [1.29, 1.82) is 0 Å². The van der Waals surface area contributed by atoms with E-state index in [1.807, 2.05) is 43.3 Å². The van der Waals surface area contributed by atoms with Gasteiger partial charge in [0.25, 0.3) is 5.91 Å². The maximum atomic E-state index is 12.4. The van der Waals surface area contributed by atoms with E-state index in [0.717, 1.165) is 11.3 Å². The lowest BCUT2D eigenvalue weighted by Crippen LogP contribution is -2.38. The van der Waals surface area contributed by atoms with E-state index in [1.165, 1.54) is 0 Å². The van der Waals surface area contributed by atoms with Gasteiger partial charge in [-0.15, -0.1) is 0 Å². The van der Waals surface area contributed by atoms with Crippen molar-refractivity contribution in [3.8, 4) is 5.75 Å². The number of nitrogens with zero attached hydrogens (tertiary/aromatic N) is 1. The topological polar surface area (TPSA) is 29.5 Å². The van der Waals surface area contributed by atoms with Gasteiger partial charge in [-0.25, -0.2) is 0 Å². The Kier molecular flexibility index (Phi) is 4.86. The van der Waals surface area contributed by atoms with Crippen LogP contribution in [-0.4, -0.2) is 19.1 Å². The normalized spacial score (nSPS) is 11.8. The third-order valence-corrected chi connectivity index (χ3v) is 3.69. The second-order valence-electron chi connectivity index (χ2n) is 4.90. The van der Waals surface area contributed by atoms with E-state index in [0.29, 0.717) is 10.8 Å².